The summed E-state index contributed by atoms with van der Waals surface area (Å²) >= 11 is 0. The highest BCUT2D eigenvalue weighted by atomic mass is 19.4. The van der Waals surface area contributed by atoms with Crippen LogP contribution >= 0.6 is 0 Å². The highest BCUT2D eigenvalue weighted by molar-refractivity contribution is 5.90. The molecule has 0 spiro atoms. The van der Waals surface area contributed by atoms with Crippen molar-refractivity contribution >= 4 is 34.7 Å². The van der Waals surface area contributed by atoms with E-state index in [0.29, 0.717) is 11.3 Å². The Morgan fingerprint density at radius 2 is 1.67 bits per heavy atom. The van der Waals surface area contributed by atoms with E-state index in [-0.39, 0.29) is 29.6 Å². The van der Waals surface area contributed by atoms with E-state index in [9.17, 15) is 18.0 Å². The standard InChI is InChI=1S/C20H18F3N5O2/c1-2-30-19(29)12-6-8-14(9-7-12)27-17-16(24)18(26-11-25-17)28-15-5-3-4-13(10-15)20(21,22)23/h3-11H,2,24H2,1H3,(H2,25,26,27,28). The van der Waals surface area contributed by atoms with E-state index in [0.717, 1.165) is 12.1 Å². The van der Waals surface area contributed by atoms with Crippen LogP contribution in [0.4, 0.5) is 41.9 Å². The molecule has 0 radical (unpaired) electrons. The molecule has 1 aromatic heterocycles. The molecule has 4 N–H and O–H groups in total. The number of carbonyl (C=O) groups excluding carboxylic acids is 1. The predicted octanol–water partition coefficient (Wildman–Crippen LogP) is 4.74. The van der Waals surface area contributed by atoms with Gasteiger partial charge < -0.3 is 21.1 Å². The molecule has 156 valence electrons. The van der Waals surface area contributed by atoms with E-state index in [1.165, 1.54) is 18.5 Å². The Balaban J connectivity index is 1.78. The zero-order valence-corrected chi connectivity index (χ0v) is 15.8. The summed E-state index contributed by atoms with van der Waals surface area (Å²) < 4.78 is 43.6. The van der Waals surface area contributed by atoms with Crippen LogP contribution in [0, 0.1) is 0 Å². The first-order valence-corrected chi connectivity index (χ1v) is 8.87. The van der Waals surface area contributed by atoms with E-state index in [1.54, 1.807) is 31.2 Å². The summed E-state index contributed by atoms with van der Waals surface area (Å²) in [4.78, 5) is 19.8. The topological polar surface area (TPSA) is 102 Å². The van der Waals surface area contributed by atoms with Gasteiger partial charge in [-0.25, -0.2) is 14.8 Å². The van der Waals surface area contributed by atoms with Gasteiger partial charge in [-0.15, -0.1) is 0 Å². The first-order valence-electron chi connectivity index (χ1n) is 8.87. The van der Waals surface area contributed by atoms with Crippen LogP contribution < -0.4 is 16.4 Å². The van der Waals surface area contributed by atoms with Gasteiger partial charge in [0.15, 0.2) is 11.6 Å². The maximum atomic E-state index is 12.9. The second-order valence-corrected chi connectivity index (χ2v) is 6.11. The summed E-state index contributed by atoms with van der Waals surface area (Å²) in [5, 5.41) is 5.76. The normalized spacial score (nSPS) is 11.1. The van der Waals surface area contributed by atoms with Gasteiger partial charge in [0.1, 0.15) is 12.0 Å². The van der Waals surface area contributed by atoms with E-state index < -0.39 is 17.7 Å². The molecule has 0 saturated carbocycles. The molecular formula is C20H18F3N5O2. The van der Waals surface area contributed by atoms with Crippen LogP contribution in [0.3, 0.4) is 0 Å². The molecule has 0 aliphatic heterocycles. The molecule has 1 heterocycles. The van der Waals surface area contributed by atoms with Gasteiger partial charge in [-0.1, -0.05) is 6.07 Å². The van der Waals surface area contributed by atoms with Crippen LogP contribution in [0.15, 0.2) is 54.9 Å². The van der Waals surface area contributed by atoms with Crippen molar-refractivity contribution in [2.75, 3.05) is 23.0 Å². The predicted molar refractivity (Wildman–Crippen MR) is 107 cm³/mol. The lowest BCUT2D eigenvalue weighted by atomic mass is 10.2. The van der Waals surface area contributed by atoms with Crippen molar-refractivity contribution in [1.29, 1.82) is 0 Å². The summed E-state index contributed by atoms with van der Waals surface area (Å²) in [6, 6.07) is 11.1. The number of ether oxygens (including phenoxy) is 1. The zero-order valence-electron chi connectivity index (χ0n) is 15.8. The average Bonchev–Trinajstić information content (AvgIpc) is 2.71. The molecule has 0 amide bonds. The Morgan fingerprint density at radius 1 is 1.03 bits per heavy atom. The minimum Gasteiger partial charge on any atom is -0.462 e. The molecule has 0 aliphatic carbocycles. The van der Waals surface area contributed by atoms with Crippen molar-refractivity contribution in [3.63, 3.8) is 0 Å². The molecule has 0 bridgehead atoms. The molecule has 3 aromatic rings. The maximum Gasteiger partial charge on any atom is 0.416 e. The molecule has 0 saturated heterocycles. The van der Waals surface area contributed by atoms with Crippen LogP contribution in [-0.4, -0.2) is 22.5 Å². The van der Waals surface area contributed by atoms with Crippen LogP contribution in [0.2, 0.25) is 0 Å². The average molecular weight is 417 g/mol. The Labute approximate surface area is 170 Å². The van der Waals surface area contributed by atoms with E-state index in [2.05, 4.69) is 20.6 Å². The lowest BCUT2D eigenvalue weighted by Gasteiger charge is -2.14. The number of esters is 1. The van der Waals surface area contributed by atoms with Crippen LogP contribution in [0.5, 0.6) is 0 Å². The highest BCUT2D eigenvalue weighted by Gasteiger charge is 2.30. The van der Waals surface area contributed by atoms with Gasteiger partial charge in [-0.3, -0.25) is 0 Å². The number of carbonyl (C=O) groups is 1. The largest absolute Gasteiger partial charge is 0.462 e. The number of nitrogens with two attached hydrogens (primary N) is 1. The molecule has 7 nitrogen and oxygen atoms in total. The molecule has 0 aliphatic rings. The van der Waals surface area contributed by atoms with E-state index in [4.69, 9.17) is 10.5 Å². The number of alkyl halides is 3. The number of nitrogens with zero attached hydrogens (tertiary/aromatic N) is 2. The van der Waals surface area contributed by atoms with Crippen molar-refractivity contribution in [3.8, 4) is 0 Å². The fourth-order valence-electron chi connectivity index (χ4n) is 2.55. The number of anilines is 5. The van der Waals surface area contributed by atoms with Gasteiger partial charge in [0, 0.05) is 11.4 Å². The zero-order chi connectivity index (χ0) is 21.7. The SMILES string of the molecule is CCOC(=O)c1ccc(Nc2ncnc(Nc3cccc(C(F)(F)F)c3)c2N)cc1. The summed E-state index contributed by atoms with van der Waals surface area (Å²) in [5.41, 5.74) is 6.57. The summed E-state index contributed by atoms with van der Waals surface area (Å²) in [5.74, 6) is -0.0310. The smallest absolute Gasteiger partial charge is 0.416 e. The Bertz CT molecular complexity index is 1040. The number of nitrogens with one attached hydrogen (secondary N) is 2. The van der Waals surface area contributed by atoms with Crippen molar-refractivity contribution in [3.05, 3.63) is 66.0 Å². The molecule has 0 fully saturated rings. The fourth-order valence-corrected chi connectivity index (χ4v) is 2.55. The first-order chi connectivity index (χ1) is 14.3. The highest BCUT2D eigenvalue weighted by Crippen LogP contribution is 2.33. The summed E-state index contributed by atoms with van der Waals surface area (Å²) in [7, 11) is 0. The van der Waals surface area contributed by atoms with Gasteiger partial charge in [-0.05, 0) is 49.4 Å². The van der Waals surface area contributed by atoms with E-state index in [1.807, 2.05) is 0 Å². The van der Waals surface area contributed by atoms with Gasteiger partial charge >= 0.3 is 12.1 Å². The monoisotopic (exact) mass is 417 g/mol. The minimum absolute atomic E-state index is 0.115. The Morgan fingerprint density at radius 3 is 2.27 bits per heavy atom. The molecule has 2 aromatic carbocycles. The van der Waals surface area contributed by atoms with Crippen molar-refractivity contribution in [2.45, 2.75) is 13.1 Å². The molecular weight excluding hydrogens is 399 g/mol. The van der Waals surface area contributed by atoms with Crippen molar-refractivity contribution in [2.24, 2.45) is 0 Å². The van der Waals surface area contributed by atoms with Crippen LogP contribution in [-0.2, 0) is 10.9 Å². The molecule has 30 heavy (non-hydrogen) atoms. The van der Waals surface area contributed by atoms with E-state index >= 15 is 0 Å². The number of nitrogen functional groups attached to an aromatic ring is 1. The minimum atomic E-state index is -4.46. The summed E-state index contributed by atoms with van der Waals surface area (Å²) in [6.07, 6.45) is -3.24. The third kappa shape index (κ3) is 4.96. The second-order valence-electron chi connectivity index (χ2n) is 6.11. The number of benzene rings is 2. The molecule has 3 rings (SSSR count). The van der Waals surface area contributed by atoms with Gasteiger partial charge in [-0.2, -0.15) is 13.2 Å². The fraction of sp³-hybridized carbons (Fsp3) is 0.150. The number of hydrogen-bond donors (Lipinski definition) is 3. The third-order valence-electron chi connectivity index (χ3n) is 4.00. The summed E-state index contributed by atoms with van der Waals surface area (Å²) in [6.45, 7) is 1.99. The number of aromatic nitrogens is 2. The van der Waals surface area contributed by atoms with Gasteiger partial charge in [0.25, 0.3) is 0 Å². The molecule has 10 heteroatoms. The molecule has 0 atom stereocenters. The van der Waals surface area contributed by atoms with Crippen molar-refractivity contribution < 1.29 is 22.7 Å². The van der Waals surface area contributed by atoms with Crippen molar-refractivity contribution in [1.82, 2.24) is 9.97 Å². The van der Waals surface area contributed by atoms with Gasteiger partial charge in [0.05, 0.1) is 17.7 Å². The second kappa shape index (κ2) is 8.68. The number of halogens is 3. The van der Waals surface area contributed by atoms with Crippen LogP contribution in [0.1, 0.15) is 22.8 Å². The lowest BCUT2D eigenvalue weighted by Crippen LogP contribution is -2.07. The Kier molecular flexibility index (Phi) is 6.05. The Hall–Kier alpha value is -3.82. The number of rotatable bonds is 6. The lowest BCUT2D eigenvalue weighted by molar-refractivity contribution is -0.137. The maximum absolute atomic E-state index is 12.9. The molecule has 0 unspecified atom stereocenters. The van der Waals surface area contributed by atoms with Crippen LogP contribution in [0.25, 0.3) is 0 Å². The van der Waals surface area contributed by atoms with Gasteiger partial charge in [0.2, 0.25) is 0 Å². The first kappa shape index (κ1) is 20.9. The third-order valence-corrected chi connectivity index (χ3v) is 4.00. The quantitative estimate of drug-likeness (QED) is 0.498. The number of hydrogen-bond acceptors (Lipinski definition) is 7.